The van der Waals surface area contributed by atoms with Crippen LogP contribution in [0.3, 0.4) is 0 Å². The summed E-state index contributed by atoms with van der Waals surface area (Å²) in [6.45, 7) is 0. The van der Waals surface area contributed by atoms with Crippen molar-refractivity contribution in [3.8, 4) is 28.3 Å². The Labute approximate surface area is 255 Å². The van der Waals surface area contributed by atoms with E-state index in [1.54, 1.807) is 0 Å². The van der Waals surface area contributed by atoms with E-state index >= 15 is 0 Å². The van der Waals surface area contributed by atoms with Crippen LogP contribution in [0, 0.1) is 0 Å². The van der Waals surface area contributed by atoms with Gasteiger partial charge in [0.2, 0.25) is 0 Å². The Morgan fingerprint density at radius 1 is 0.477 bits per heavy atom. The van der Waals surface area contributed by atoms with Crippen LogP contribution in [0.4, 0.5) is 0 Å². The van der Waals surface area contributed by atoms with Crippen LogP contribution in [-0.2, 0) is 5.41 Å². The van der Waals surface area contributed by atoms with Gasteiger partial charge in [0.25, 0.3) is 0 Å². The van der Waals surface area contributed by atoms with Crippen molar-refractivity contribution >= 4 is 21.9 Å². The summed E-state index contributed by atoms with van der Waals surface area (Å²) in [5.41, 5.74) is 10.1. The van der Waals surface area contributed by atoms with Gasteiger partial charge in [-0.15, -0.1) is 0 Å². The normalized spacial score (nSPS) is 13.2. The highest BCUT2D eigenvalue weighted by Crippen LogP contribution is 2.52. The van der Waals surface area contributed by atoms with E-state index in [0.717, 1.165) is 50.3 Å². The Morgan fingerprint density at radius 2 is 1.11 bits per heavy atom. The number of hydrogen-bond acceptors (Lipinski definition) is 3. The molecule has 0 fully saturated rings. The lowest BCUT2D eigenvalue weighted by Gasteiger charge is -2.30. The summed E-state index contributed by atoms with van der Waals surface area (Å²) < 4.78 is 2.34. The summed E-state index contributed by atoms with van der Waals surface area (Å²) in [6.07, 6.45) is 0. The van der Waals surface area contributed by atoms with Gasteiger partial charge in [-0.3, -0.25) is 4.57 Å². The third-order valence-corrected chi connectivity index (χ3v) is 8.86. The fourth-order valence-corrected chi connectivity index (χ4v) is 6.95. The Balaban J connectivity index is 1.30. The highest BCUT2D eigenvalue weighted by Gasteiger charge is 2.48. The van der Waals surface area contributed by atoms with Gasteiger partial charge < -0.3 is 0 Å². The van der Waals surface area contributed by atoms with Gasteiger partial charge in [-0.1, -0.05) is 127 Å². The lowest BCUT2D eigenvalue weighted by molar-refractivity contribution is 0.718. The summed E-state index contributed by atoms with van der Waals surface area (Å²) in [5, 5.41) is 1.04. The molecule has 3 heterocycles. The van der Waals surface area contributed by atoms with Crippen molar-refractivity contribution in [1.82, 2.24) is 19.5 Å². The topological polar surface area (TPSA) is 43.6 Å². The van der Waals surface area contributed by atoms with E-state index in [9.17, 15) is 0 Å². The van der Waals surface area contributed by atoms with Gasteiger partial charge in [0.1, 0.15) is 11.2 Å². The smallest absolute Gasteiger partial charge is 0.160 e. The predicted molar refractivity (Wildman–Crippen MR) is 177 cm³/mol. The minimum Gasteiger partial charge on any atom is -0.295 e. The number of rotatable bonds is 4. The van der Waals surface area contributed by atoms with E-state index < -0.39 is 5.41 Å². The summed E-state index contributed by atoms with van der Waals surface area (Å²) in [4.78, 5) is 15.6. The van der Waals surface area contributed by atoms with Gasteiger partial charge in [0, 0.05) is 16.5 Å². The number of aromatic nitrogens is 4. The first-order valence-corrected chi connectivity index (χ1v) is 14.9. The molecule has 1 aliphatic heterocycles. The van der Waals surface area contributed by atoms with Crippen LogP contribution < -0.4 is 0 Å². The number of hydrogen-bond donors (Lipinski definition) is 0. The van der Waals surface area contributed by atoms with E-state index in [2.05, 4.69) is 132 Å². The zero-order valence-corrected chi connectivity index (χ0v) is 23.8. The second-order valence-corrected chi connectivity index (χ2v) is 11.3. The van der Waals surface area contributed by atoms with E-state index in [1.807, 2.05) is 30.3 Å². The molecule has 0 spiro atoms. The van der Waals surface area contributed by atoms with Gasteiger partial charge in [0.15, 0.2) is 5.82 Å². The second kappa shape index (κ2) is 9.58. The fraction of sp³-hybridized carbons (Fsp3) is 0.0250. The largest absolute Gasteiger partial charge is 0.295 e. The third-order valence-electron chi connectivity index (χ3n) is 8.86. The molecule has 0 saturated heterocycles. The van der Waals surface area contributed by atoms with Crippen molar-refractivity contribution in [2.75, 3.05) is 0 Å². The average Bonchev–Trinajstić information content (AvgIpc) is 3.62. The lowest BCUT2D eigenvalue weighted by Crippen LogP contribution is -2.29. The molecule has 2 aromatic heterocycles. The molecule has 206 valence electrons. The Morgan fingerprint density at radius 3 is 1.86 bits per heavy atom. The number of imidazole rings is 1. The van der Waals surface area contributed by atoms with Crippen molar-refractivity contribution in [3.63, 3.8) is 0 Å². The monoisotopic (exact) mass is 562 g/mol. The van der Waals surface area contributed by atoms with Crippen LogP contribution in [0.5, 0.6) is 0 Å². The molecular formula is C40H26N4. The first-order chi connectivity index (χ1) is 21.8. The molecule has 0 radical (unpaired) electrons. The molecule has 0 aliphatic carbocycles. The zero-order chi connectivity index (χ0) is 29.1. The second-order valence-electron chi connectivity index (χ2n) is 11.3. The highest BCUT2D eigenvalue weighted by molar-refractivity contribution is 5.94. The molecule has 0 unspecified atom stereocenters. The van der Waals surface area contributed by atoms with Crippen molar-refractivity contribution in [1.29, 1.82) is 0 Å². The van der Waals surface area contributed by atoms with Gasteiger partial charge in [-0.2, -0.15) is 0 Å². The molecule has 1 aliphatic rings. The standard InChI is InChI=1S/C40H26N4/c1-4-14-27(15-5-1)37-31-20-10-12-22-33(31)41-38(43-37)28-24-25-36-34(26-28)42-39-40(29-16-6-2-7-17-29,30-18-8-3-9-19-30)32-21-11-13-23-35(32)44(36)39/h1-26H. The van der Waals surface area contributed by atoms with Crippen LogP contribution >= 0.6 is 0 Å². The number of benzene rings is 6. The highest BCUT2D eigenvalue weighted by atomic mass is 15.1. The maximum atomic E-state index is 5.45. The van der Waals surface area contributed by atoms with Crippen LogP contribution in [0.1, 0.15) is 22.5 Å². The van der Waals surface area contributed by atoms with E-state index in [-0.39, 0.29) is 0 Å². The Kier molecular flexibility index (Phi) is 5.38. The summed E-state index contributed by atoms with van der Waals surface area (Å²) >= 11 is 0. The Hall–Kier alpha value is -5.87. The van der Waals surface area contributed by atoms with Crippen molar-refractivity contribution in [3.05, 3.63) is 180 Å². The fourth-order valence-electron chi connectivity index (χ4n) is 6.95. The maximum absolute atomic E-state index is 5.45. The molecule has 4 heteroatoms. The number of nitrogens with zero attached hydrogens (tertiary/aromatic N) is 4. The third kappa shape index (κ3) is 3.48. The first-order valence-electron chi connectivity index (χ1n) is 14.9. The van der Waals surface area contributed by atoms with Crippen LogP contribution in [0.25, 0.3) is 50.3 Å². The summed E-state index contributed by atoms with van der Waals surface area (Å²) in [5.74, 6) is 1.68. The molecule has 6 aromatic carbocycles. The van der Waals surface area contributed by atoms with Crippen LogP contribution in [0.15, 0.2) is 158 Å². The van der Waals surface area contributed by atoms with Crippen molar-refractivity contribution in [2.45, 2.75) is 5.41 Å². The Bertz CT molecular complexity index is 2280. The van der Waals surface area contributed by atoms with Crippen molar-refractivity contribution < 1.29 is 0 Å². The molecule has 9 rings (SSSR count). The molecule has 0 amide bonds. The van der Waals surface area contributed by atoms with Gasteiger partial charge in [0.05, 0.1) is 27.9 Å². The van der Waals surface area contributed by atoms with Crippen LogP contribution in [-0.4, -0.2) is 19.5 Å². The molecule has 8 aromatic rings. The van der Waals surface area contributed by atoms with Gasteiger partial charge in [-0.05, 0) is 47.0 Å². The molecule has 4 nitrogen and oxygen atoms in total. The van der Waals surface area contributed by atoms with Gasteiger partial charge in [-0.25, -0.2) is 15.0 Å². The maximum Gasteiger partial charge on any atom is 0.160 e. The molecule has 0 saturated carbocycles. The summed E-state index contributed by atoms with van der Waals surface area (Å²) in [7, 11) is 0. The predicted octanol–water partition coefficient (Wildman–Crippen LogP) is 9.00. The first kappa shape index (κ1) is 24.7. The SMILES string of the molecule is c1ccc(-c2nc(-c3ccc4c(c3)nc3n4-c4ccccc4C3(c3ccccc3)c3ccccc3)nc3ccccc23)cc1. The summed E-state index contributed by atoms with van der Waals surface area (Å²) in [6, 6.07) is 55.2. The minimum absolute atomic E-state index is 0.557. The molecule has 0 N–H and O–H groups in total. The van der Waals surface area contributed by atoms with Gasteiger partial charge >= 0.3 is 0 Å². The minimum atomic E-state index is -0.557. The number of para-hydroxylation sites is 2. The zero-order valence-electron chi connectivity index (χ0n) is 23.8. The average molecular weight is 563 g/mol. The van der Waals surface area contributed by atoms with Crippen LogP contribution in [0.2, 0.25) is 0 Å². The van der Waals surface area contributed by atoms with E-state index in [1.165, 1.54) is 16.7 Å². The van der Waals surface area contributed by atoms with E-state index in [4.69, 9.17) is 15.0 Å². The lowest BCUT2D eigenvalue weighted by atomic mass is 9.70. The molecule has 0 atom stereocenters. The van der Waals surface area contributed by atoms with Crippen molar-refractivity contribution in [2.24, 2.45) is 0 Å². The van der Waals surface area contributed by atoms with E-state index in [0.29, 0.717) is 5.82 Å². The quantitative estimate of drug-likeness (QED) is 0.215. The molecule has 0 bridgehead atoms. The molecule has 44 heavy (non-hydrogen) atoms. The molecular weight excluding hydrogens is 536 g/mol. The number of fused-ring (bicyclic) bond motifs is 6.